The van der Waals surface area contributed by atoms with Crippen LogP contribution in [-0.2, 0) is 26.0 Å². The number of hydrogen-bond donors (Lipinski definition) is 0. The van der Waals surface area contributed by atoms with Gasteiger partial charge in [-0.15, -0.1) is 0 Å². The summed E-state index contributed by atoms with van der Waals surface area (Å²) in [5.74, 6) is -2.05. The van der Waals surface area contributed by atoms with Crippen LogP contribution in [0.2, 0.25) is 5.15 Å². The van der Waals surface area contributed by atoms with Crippen LogP contribution < -0.4 is 4.74 Å². The minimum absolute atomic E-state index is 0.0396. The summed E-state index contributed by atoms with van der Waals surface area (Å²) in [6.45, 7) is -0.555. The molecule has 7 nitrogen and oxygen atoms in total. The Morgan fingerprint density at radius 1 is 1.28 bits per heavy atom. The maximum atomic E-state index is 13.7. The minimum Gasteiger partial charge on any atom is -0.496 e. The molecule has 1 fully saturated rings. The highest BCUT2D eigenvalue weighted by atomic mass is 35.5. The maximum Gasteiger partial charge on any atom is 0.268 e. The number of amides is 1. The number of halogens is 2. The normalized spacial score (nSPS) is 17.9. The van der Waals surface area contributed by atoms with Crippen molar-refractivity contribution in [2.45, 2.75) is 24.2 Å². The molecular formula is C19H18ClFN2O5S. The van der Waals surface area contributed by atoms with Gasteiger partial charge in [-0.3, -0.25) is 9.59 Å². The lowest BCUT2D eigenvalue weighted by atomic mass is 9.93. The quantitative estimate of drug-likeness (QED) is 0.663. The molecule has 2 heterocycles. The van der Waals surface area contributed by atoms with E-state index in [0.717, 1.165) is 6.20 Å². The smallest absolute Gasteiger partial charge is 0.268 e. The Morgan fingerprint density at radius 3 is 2.69 bits per heavy atom. The predicted octanol–water partition coefficient (Wildman–Crippen LogP) is 2.62. The van der Waals surface area contributed by atoms with Gasteiger partial charge in [0.1, 0.15) is 21.6 Å². The molecule has 0 radical (unpaired) electrons. The Bertz CT molecular complexity index is 1040. The van der Waals surface area contributed by atoms with Crippen LogP contribution in [0.4, 0.5) is 4.39 Å². The van der Waals surface area contributed by atoms with Crippen molar-refractivity contribution in [1.29, 1.82) is 0 Å². The molecule has 3 rings (SSSR count). The summed E-state index contributed by atoms with van der Waals surface area (Å²) in [6.07, 6.45) is 1.27. The van der Waals surface area contributed by atoms with Gasteiger partial charge in [0, 0.05) is 18.5 Å². The third-order valence-corrected chi connectivity index (χ3v) is 6.63. The first kappa shape index (κ1) is 21.2. The van der Waals surface area contributed by atoms with Gasteiger partial charge in [-0.1, -0.05) is 11.6 Å². The van der Waals surface area contributed by atoms with Gasteiger partial charge in [-0.2, -0.15) is 0 Å². The zero-order valence-electron chi connectivity index (χ0n) is 15.5. The Hall–Kier alpha value is -2.52. The first-order chi connectivity index (χ1) is 13.7. The number of carbonyl (C=O) groups is 2. The summed E-state index contributed by atoms with van der Waals surface area (Å²) >= 11 is 5.70. The standard InChI is InChI=1S/C19H18ClFN2O5S/c1-28-17-6-3-14(21)9-13(17)8-12-2-4-15(24)11-23(19(12)25)29(26,27)16-5-7-18(20)22-10-16/h3,5-7,9-10,12H,2,4,8,11H2,1H3. The van der Waals surface area contributed by atoms with E-state index in [4.69, 9.17) is 16.3 Å². The average Bonchev–Trinajstić information content (AvgIpc) is 2.82. The third kappa shape index (κ3) is 4.56. The van der Waals surface area contributed by atoms with Crippen LogP contribution >= 0.6 is 11.6 Å². The highest BCUT2D eigenvalue weighted by molar-refractivity contribution is 7.89. The van der Waals surface area contributed by atoms with E-state index in [0.29, 0.717) is 15.6 Å². The largest absolute Gasteiger partial charge is 0.496 e. The highest BCUT2D eigenvalue weighted by Gasteiger charge is 2.38. The van der Waals surface area contributed by atoms with Crippen LogP contribution in [0, 0.1) is 11.7 Å². The van der Waals surface area contributed by atoms with E-state index in [2.05, 4.69) is 4.98 Å². The molecule has 0 bridgehead atoms. The van der Waals surface area contributed by atoms with Gasteiger partial charge < -0.3 is 4.74 Å². The molecule has 0 spiro atoms. The van der Waals surface area contributed by atoms with Gasteiger partial charge in [0.2, 0.25) is 5.91 Å². The molecule has 1 aromatic carbocycles. The van der Waals surface area contributed by atoms with Gasteiger partial charge in [0.05, 0.1) is 13.7 Å². The Balaban J connectivity index is 1.95. The van der Waals surface area contributed by atoms with E-state index in [1.165, 1.54) is 37.4 Å². The van der Waals surface area contributed by atoms with Crippen molar-refractivity contribution in [3.8, 4) is 5.75 Å². The highest BCUT2D eigenvalue weighted by Crippen LogP contribution is 2.29. The van der Waals surface area contributed by atoms with Gasteiger partial charge in [0.15, 0.2) is 5.78 Å². The molecule has 1 amide bonds. The lowest BCUT2D eigenvalue weighted by Crippen LogP contribution is -2.42. The number of ketones is 1. The fourth-order valence-corrected chi connectivity index (χ4v) is 4.68. The summed E-state index contributed by atoms with van der Waals surface area (Å²) in [5, 5.41) is 0.0956. The summed E-state index contributed by atoms with van der Waals surface area (Å²) in [6, 6.07) is 6.41. The van der Waals surface area contributed by atoms with Crippen molar-refractivity contribution in [2.24, 2.45) is 5.92 Å². The predicted molar refractivity (Wildman–Crippen MR) is 103 cm³/mol. The second-order valence-electron chi connectivity index (χ2n) is 6.60. The zero-order chi connectivity index (χ0) is 21.2. The lowest BCUT2D eigenvalue weighted by Gasteiger charge is -2.24. The molecular weight excluding hydrogens is 423 g/mol. The summed E-state index contributed by atoms with van der Waals surface area (Å²) in [7, 11) is -2.88. The monoisotopic (exact) mass is 440 g/mol. The van der Waals surface area contributed by atoms with Crippen LogP contribution in [0.3, 0.4) is 0 Å². The van der Waals surface area contributed by atoms with Crippen molar-refractivity contribution in [3.05, 3.63) is 53.1 Å². The minimum atomic E-state index is -4.30. The number of rotatable bonds is 5. The van der Waals surface area contributed by atoms with Crippen molar-refractivity contribution in [1.82, 2.24) is 9.29 Å². The van der Waals surface area contributed by atoms with E-state index < -0.39 is 34.2 Å². The number of nitrogens with zero attached hydrogens (tertiary/aromatic N) is 2. The summed E-state index contributed by atoms with van der Waals surface area (Å²) in [4.78, 5) is 28.7. The second-order valence-corrected chi connectivity index (χ2v) is 8.85. The average molecular weight is 441 g/mol. The van der Waals surface area contributed by atoms with Gasteiger partial charge in [-0.05, 0) is 48.7 Å². The maximum absolute atomic E-state index is 13.7. The number of aromatic nitrogens is 1. The number of benzene rings is 1. The topological polar surface area (TPSA) is 93.6 Å². The van der Waals surface area contributed by atoms with E-state index in [-0.39, 0.29) is 35.1 Å². The first-order valence-electron chi connectivity index (χ1n) is 8.74. The van der Waals surface area contributed by atoms with Gasteiger partial charge in [-0.25, -0.2) is 22.1 Å². The fourth-order valence-electron chi connectivity index (χ4n) is 3.19. The van der Waals surface area contributed by atoms with E-state index in [1.807, 2.05) is 0 Å². The molecule has 2 aromatic rings. The van der Waals surface area contributed by atoms with Gasteiger partial charge in [0.25, 0.3) is 10.0 Å². The van der Waals surface area contributed by atoms with Crippen LogP contribution in [-0.4, -0.2) is 43.1 Å². The number of hydrogen-bond acceptors (Lipinski definition) is 6. The van der Waals surface area contributed by atoms with Crippen molar-refractivity contribution >= 4 is 33.3 Å². The number of methoxy groups -OCH3 is 1. The van der Waals surface area contributed by atoms with E-state index in [9.17, 15) is 22.4 Å². The summed E-state index contributed by atoms with van der Waals surface area (Å²) < 4.78 is 45.4. The molecule has 0 aliphatic carbocycles. The Morgan fingerprint density at radius 2 is 2.03 bits per heavy atom. The zero-order valence-corrected chi connectivity index (χ0v) is 17.0. The molecule has 1 aliphatic rings. The first-order valence-corrected chi connectivity index (χ1v) is 10.6. The SMILES string of the molecule is COc1ccc(F)cc1CC1CCC(=O)CN(S(=O)(=O)c2ccc(Cl)nc2)C1=O. The van der Waals surface area contributed by atoms with Crippen molar-refractivity contribution in [2.75, 3.05) is 13.7 Å². The molecule has 0 N–H and O–H groups in total. The van der Waals surface area contributed by atoms with Gasteiger partial charge >= 0.3 is 0 Å². The second kappa shape index (κ2) is 8.46. The molecule has 154 valence electrons. The molecule has 1 saturated heterocycles. The van der Waals surface area contributed by atoms with Crippen LogP contribution in [0.15, 0.2) is 41.4 Å². The number of sulfonamides is 1. The number of ether oxygens (including phenoxy) is 1. The Labute approximate surface area is 172 Å². The van der Waals surface area contributed by atoms with Crippen LogP contribution in [0.25, 0.3) is 0 Å². The summed E-state index contributed by atoms with van der Waals surface area (Å²) in [5.41, 5.74) is 0.422. The van der Waals surface area contributed by atoms with Crippen molar-refractivity contribution in [3.63, 3.8) is 0 Å². The molecule has 10 heteroatoms. The number of carbonyl (C=O) groups excluding carboxylic acids is 2. The van der Waals surface area contributed by atoms with E-state index in [1.54, 1.807) is 0 Å². The molecule has 1 aliphatic heterocycles. The molecule has 29 heavy (non-hydrogen) atoms. The third-order valence-electron chi connectivity index (χ3n) is 4.68. The molecule has 1 unspecified atom stereocenters. The number of pyridine rings is 1. The van der Waals surface area contributed by atoms with E-state index >= 15 is 0 Å². The molecule has 1 atom stereocenters. The van der Waals surface area contributed by atoms with Crippen LogP contribution in [0.5, 0.6) is 5.75 Å². The van der Waals surface area contributed by atoms with Crippen molar-refractivity contribution < 1.29 is 27.1 Å². The lowest BCUT2D eigenvalue weighted by molar-refractivity contribution is -0.131. The fraction of sp³-hybridized carbons (Fsp3) is 0.316. The molecule has 1 aromatic heterocycles. The number of Topliss-reactive ketones (excluding diaryl/α,β-unsaturated/α-hetero) is 1. The van der Waals surface area contributed by atoms with Crippen LogP contribution in [0.1, 0.15) is 18.4 Å². The molecule has 0 saturated carbocycles. The Kier molecular flexibility index (Phi) is 6.18.